The minimum atomic E-state index is -1.94. The Kier molecular flexibility index (Phi) is 5.63. The zero-order chi connectivity index (χ0) is 21.4. The van der Waals surface area contributed by atoms with Crippen LogP contribution in [0, 0.1) is 5.82 Å². The summed E-state index contributed by atoms with van der Waals surface area (Å²) in [5.41, 5.74) is 0.197. The van der Waals surface area contributed by atoms with E-state index >= 15 is 0 Å². The van der Waals surface area contributed by atoms with E-state index in [1.807, 2.05) is 0 Å². The molecular weight excluding hydrogens is 501 g/mol. The molecular formula is C19H12BrClFN3O4S. The number of fused-ring (bicyclic) bond motifs is 1. The molecule has 0 saturated heterocycles. The highest BCUT2D eigenvalue weighted by molar-refractivity contribution is 9.10. The lowest BCUT2D eigenvalue weighted by Crippen LogP contribution is -2.18. The summed E-state index contributed by atoms with van der Waals surface area (Å²) >= 11 is 9.52. The number of nitrogens with zero attached hydrogens (tertiary/aromatic N) is 2. The Hall–Kier alpha value is -2.69. The van der Waals surface area contributed by atoms with E-state index in [0.29, 0.717) is 26.3 Å². The Bertz CT molecular complexity index is 1340. The number of hydrogen-bond acceptors (Lipinski definition) is 5. The number of aromatic nitrogens is 2. The second-order valence-electron chi connectivity index (χ2n) is 6.04. The van der Waals surface area contributed by atoms with Gasteiger partial charge in [0.2, 0.25) is 0 Å². The normalized spacial score (nSPS) is 12.1. The van der Waals surface area contributed by atoms with Crippen LogP contribution in [0.2, 0.25) is 5.02 Å². The Balaban J connectivity index is 1.90. The van der Waals surface area contributed by atoms with Crippen molar-refractivity contribution < 1.29 is 17.9 Å². The predicted molar refractivity (Wildman–Crippen MR) is 115 cm³/mol. The van der Waals surface area contributed by atoms with Crippen molar-refractivity contribution in [2.24, 2.45) is 0 Å². The highest BCUT2D eigenvalue weighted by atomic mass is 79.9. The second kappa shape index (κ2) is 8.21. The van der Waals surface area contributed by atoms with Crippen molar-refractivity contribution in [1.29, 1.82) is 0 Å². The van der Waals surface area contributed by atoms with Crippen LogP contribution in [0.15, 0.2) is 67.4 Å². The van der Waals surface area contributed by atoms with E-state index in [0.717, 1.165) is 6.07 Å². The third-order valence-electron chi connectivity index (χ3n) is 4.25. The first-order chi connectivity index (χ1) is 14.4. The molecule has 0 bridgehead atoms. The molecule has 0 fully saturated rings. The SMILES string of the molecule is COc1cc(Br)c(Cl)cc1-n1c(=O)ccc2cc(S(=O)Nc3ccon3)c(F)cc21. The molecule has 2 aromatic heterocycles. The van der Waals surface area contributed by atoms with Crippen molar-refractivity contribution in [3.05, 3.63) is 74.4 Å². The molecule has 0 amide bonds. The van der Waals surface area contributed by atoms with Gasteiger partial charge in [0.1, 0.15) is 17.8 Å². The lowest BCUT2D eigenvalue weighted by Gasteiger charge is -2.16. The Morgan fingerprint density at radius 3 is 2.77 bits per heavy atom. The molecule has 0 aliphatic carbocycles. The van der Waals surface area contributed by atoms with Crippen molar-refractivity contribution in [1.82, 2.24) is 9.72 Å². The van der Waals surface area contributed by atoms with Gasteiger partial charge in [-0.25, -0.2) is 8.60 Å². The molecule has 30 heavy (non-hydrogen) atoms. The zero-order valence-corrected chi connectivity index (χ0v) is 18.3. The molecule has 4 rings (SSSR count). The standard InChI is InChI=1S/C19H12BrClFN3O4S/c1-28-16-7-11(20)12(21)8-15(16)25-14-9-13(22)17(6-10(14)2-3-19(25)26)30(27)24-18-4-5-29-23-18/h2-9H,1H3,(H,23,24). The molecule has 7 nitrogen and oxygen atoms in total. The van der Waals surface area contributed by atoms with Gasteiger partial charge in [0.05, 0.1) is 28.2 Å². The lowest BCUT2D eigenvalue weighted by molar-refractivity contribution is 0.412. The van der Waals surface area contributed by atoms with Gasteiger partial charge in [-0.1, -0.05) is 16.8 Å². The van der Waals surface area contributed by atoms with E-state index in [2.05, 4.69) is 30.3 Å². The first-order valence-corrected chi connectivity index (χ1v) is 10.7. The maximum atomic E-state index is 14.9. The highest BCUT2D eigenvalue weighted by Crippen LogP contribution is 2.34. The van der Waals surface area contributed by atoms with Crippen LogP contribution >= 0.6 is 27.5 Å². The molecule has 0 aliphatic heterocycles. The van der Waals surface area contributed by atoms with Gasteiger partial charge in [0.15, 0.2) is 16.8 Å². The van der Waals surface area contributed by atoms with Crippen LogP contribution in [0.3, 0.4) is 0 Å². The lowest BCUT2D eigenvalue weighted by atomic mass is 10.2. The van der Waals surface area contributed by atoms with E-state index in [-0.39, 0.29) is 16.2 Å². The largest absolute Gasteiger partial charge is 0.495 e. The van der Waals surface area contributed by atoms with E-state index < -0.39 is 22.4 Å². The number of halogens is 3. The van der Waals surface area contributed by atoms with Gasteiger partial charge in [-0.3, -0.25) is 14.1 Å². The van der Waals surface area contributed by atoms with E-state index in [1.54, 1.807) is 12.1 Å². The number of pyridine rings is 1. The maximum Gasteiger partial charge on any atom is 0.255 e. The topological polar surface area (TPSA) is 86.4 Å². The molecule has 154 valence electrons. The molecule has 1 unspecified atom stereocenters. The summed E-state index contributed by atoms with van der Waals surface area (Å²) in [6, 6.07) is 10.0. The summed E-state index contributed by atoms with van der Waals surface area (Å²) in [7, 11) is -0.485. The Morgan fingerprint density at radius 1 is 1.27 bits per heavy atom. The average Bonchev–Trinajstić information content (AvgIpc) is 3.22. The number of benzene rings is 2. The summed E-state index contributed by atoms with van der Waals surface area (Å²) in [6.45, 7) is 0. The van der Waals surface area contributed by atoms with Crippen LogP contribution in [0.1, 0.15) is 0 Å². The molecule has 0 saturated carbocycles. The maximum absolute atomic E-state index is 14.9. The third-order valence-corrected chi connectivity index (χ3v) is 6.55. The van der Waals surface area contributed by atoms with Crippen LogP contribution in [-0.4, -0.2) is 21.0 Å². The Labute approximate surface area is 185 Å². The smallest absolute Gasteiger partial charge is 0.255 e. The van der Waals surface area contributed by atoms with Crippen molar-refractivity contribution >= 4 is 55.2 Å². The van der Waals surface area contributed by atoms with E-state index in [9.17, 15) is 13.4 Å². The van der Waals surface area contributed by atoms with Crippen LogP contribution in [0.4, 0.5) is 10.2 Å². The summed E-state index contributed by atoms with van der Waals surface area (Å²) in [6.07, 6.45) is 1.30. The quantitative estimate of drug-likeness (QED) is 0.420. The molecule has 0 spiro atoms. The first-order valence-electron chi connectivity index (χ1n) is 8.36. The van der Waals surface area contributed by atoms with Crippen LogP contribution in [0.25, 0.3) is 16.6 Å². The van der Waals surface area contributed by atoms with Gasteiger partial charge in [0, 0.05) is 22.0 Å². The number of hydrogen-bond donors (Lipinski definition) is 1. The number of ether oxygens (including phenoxy) is 1. The molecule has 0 radical (unpaired) electrons. The van der Waals surface area contributed by atoms with Crippen molar-refractivity contribution in [2.75, 3.05) is 11.8 Å². The van der Waals surface area contributed by atoms with Gasteiger partial charge in [0.25, 0.3) is 5.56 Å². The highest BCUT2D eigenvalue weighted by Gasteiger charge is 2.18. The van der Waals surface area contributed by atoms with Crippen LogP contribution in [0.5, 0.6) is 5.75 Å². The summed E-state index contributed by atoms with van der Waals surface area (Å²) < 4.78 is 41.9. The fraction of sp³-hybridized carbons (Fsp3) is 0.0526. The zero-order valence-electron chi connectivity index (χ0n) is 15.2. The molecule has 1 N–H and O–H groups in total. The van der Waals surface area contributed by atoms with Crippen LogP contribution < -0.4 is 15.0 Å². The third kappa shape index (κ3) is 3.73. The number of methoxy groups -OCH3 is 1. The van der Waals surface area contributed by atoms with Crippen molar-refractivity contribution in [3.8, 4) is 11.4 Å². The van der Waals surface area contributed by atoms with Crippen molar-refractivity contribution in [3.63, 3.8) is 0 Å². The molecule has 1 atom stereocenters. The fourth-order valence-electron chi connectivity index (χ4n) is 2.90. The van der Waals surface area contributed by atoms with Crippen LogP contribution in [-0.2, 0) is 11.0 Å². The summed E-state index contributed by atoms with van der Waals surface area (Å²) in [4.78, 5) is 12.6. The Morgan fingerprint density at radius 2 is 2.07 bits per heavy atom. The van der Waals surface area contributed by atoms with Gasteiger partial charge in [-0.15, -0.1) is 0 Å². The van der Waals surface area contributed by atoms with Gasteiger partial charge >= 0.3 is 0 Å². The number of rotatable bonds is 5. The molecule has 4 aromatic rings. The summed E-state index contributed by atoms with van der Waals surface area (Å²) in [5, 5.41) is 4.44. The molecule has 11 heteroatoms. The average molecular weight is 513 g/mol. The second-order valence-corrected chi connectivity index (χ2v) is 8.49. The number of anilines is 1. The van der Waals surface area contributed by atoms with Gasteiger partial charge in [-0.2, -0.15) is 0 Å². The number of nitrogens with one attached hydrogen (secondary N) is 1. The van der Waals surface area contributed by atoms with E-state index in [1.165, 1.54) is 42.2 Å². The molecule has 2 heterocycles. The monoisotopic (exact) mass is 511 g/mol. The van der Waals surface area contributed by atoms with Gasteiger partial charge in [-0.05, 0) is 46.3 Å². The predicted octanol–water partition coefficient (Wildman–Crippen LogP) is 4.68. The molecule has 0 aliphatic rings. The van der Waals surface area contributed by atoms with Gasteiger partial charge < -0.3 is 9.26 Å². The minimum Gasteiger partial charge on any atom is -0.495 e. The summed E-state index contributed by atoms with van der Waals surface area (Å²) in [5.74, 6) is -0.202. The first kappa shape index (κ1) is 20.6. The van der Waals surface area contributed by atoms with E-state index in [4.69, 9.17) is 16.3 Å². The van der Waals surface area contributed by atoms with Crippen molar-refractivity contribution in [2.45, 2.75) is 4.90 Å². The fourth-order valence-corrected chi connectivity index (χ4v) is 4.26. The molecule has 2 aromatic carbocycles. The minimum absolute atomic E-state index is 0.100.